The molecular formula is C16H26N2O3. The summed E-state index contributed by atoms with van der Waals surface area (Å²) in [7, 11) is 0. The van der Waals surface area contributed by atoms with Gasteiger partial charge < -0.3 is 19.4 Å². The number of nitrogens with one attached hydrogen (secondary N) is 1. The minimum Gasteiger partial charge on any atom is -0.468 e. The molecule has 118 valence electrons. The third-order valence-electron chi connectivity index (χ3n) is 3.57. The van der Waals surface area contributed by atoms with E-state index < -0.39 is 5.60 Å². The molecule has 1 aromatic heterocycles. The lowest BCUT2D eigenvalue weighted by Gasteiger charge is -2.25. The smallest absolute Gasteiger partial charge is 0.410 e. The lowest BCUT2D eigenvalue weighted by molar-refractivity contribution is 0.0290. The van der Waals surface area contributed by atoms with E-state index in [-0.39, 0.29) is 18.2 Å². The van der Waals surface area contributed by atoms with Gasteiger partial charge in [-0.05, 0) is 45.7 Å². The van der Waals surface area contributed by atoms with Crippen LogP contribution in [0.4, 0.5) is 4.79 Å². The molecule has 1 saturated heterocycles. The summed E-state index contributed by atoms with van der Waals surface area (Å²) in [4.78, 5) is 13.8. The van der Waals surface area contributed by atoms with Crippen molar-refractivity contribution in [2.75, 3.05) is 13.1 Å². The Hall–Kier alpha value is -1.49. The summed E-state index contributed by atoms with van der Waals surface area (Å²) in [5, 5.41) is 3.57. The maximum atomic E-state index is 12.0. The molecule has 2 unspecified atom stereocenters. The lowest BCUT2D eigenvalue weighted by atomic mass is 10.1. The quantitative estimate of drug-likeness (QED) is 0.925. The third kappa shape index (κ3) is 4.49. The Morgan fingerprint density at radius 2 is 2.33 bits per heavy atom. The predicted octanol–water partition coefficient (Wildman–Crippen LogP) is 3.33. The number of rotatable bonds is 4. The molecule has 0 saturated carbocycles. The van der Waals surface area contributed by atoms with Crippen molar-refractivity contribution in [2.24, 2.45) is 0 Å². The molecule has 1 aromatic rings. The second-order valence-corrected chi connectivity index (χ2v) is 6.55. The van der Waals surface area contributed by atoms with Gasteiger partial charge in [0.2, 0.25) is 0 Å². The fourth-order valence-corrected chi connectivity index (χ4v) is 2.56. The van der Waals surface area contributed by atoms with Gasteiger partial charge in [0.15, 0.2) is 0 Å². The molecule has 1 N–H and O–H groups in total. The van der Waals surface area contributed by atoms with E-state index in [0.29, 0.717) is 6.54 Å². The molecule has 1 aliphatic rings. The first-order valence-corrected chi connectivity index (χ1v) is 7.66. The normalized spacial score (nSPS) is 20.6. The number of ether oxygens (including phenoxy) is 1. The van der Waals surface area contributed by atoms with E-state index in [1.54, 1.807) is 11.2 Å². The number of furan rings is 1. The minimum atomic E-state index is -0.442. The molecule has 0 spiro atoms. The first-order valence-electron chi connectivity index (χ1n) is 7.66. The highest BCUT2D eigenvalue weighted by atomic mass is 16.6. The minimum absolute atomic E-state index is 0.198. The Balaban J connectivity index is 1.86. The Morgan fingerprint density at radius 1 is 1.57 bits per heavy atom. The number of hydrogen-bond donors (Lipinski definition) is 1. The summed E-state index contributed by atoms with van der Waals surface area (Å²) in [6, 6.07) is 4.37. The van der Waals surface area contributed by atoms with Crippen molar-refractivity contribution < 1.29 is 13.9 Å². The van der Waals surface area contributed by atoms with Crippen LogP contribution in [-0.4, -0.2) is 35.7 Å². The third-order valence-corrected chi connectivity index (χ3v) is 3.57. The van der Waals surface area contributed by atoms with Crippen molar-refractivity contribution in [3.63, 3.8) is 0 Å². The summed E-state index contributed by atoms with van der Waals surface area (Å²) in [6.07, 6.45) is 3.37. The largest absolute Gasteiger partial charge is 0.468 e. The summed E-state index contributed by atoms with van der Waals surface area (Å²) in [5.74, 6) is 0.952. The fourth-order valence-electron chi connectivity index (χ4n) is 2.56. The summed E-state index contributed by atoms with van der Waals surface area (Å²) >= 11 is 0. The van der Waals surface area contributed by atoms with E-state index in [4.69, 9.17) is 9.15 Å². The van der Waals surface area contributed by atoms with Crippen molar-refractivity contribution in [3.05, 3.63) is 24.2 Å². The van der Waals surface area contributed by atoms with Gasteiger partial charge in [-0.3, -0.25) is 0 Å². The Morgan fingerprint density at radius 3 is 2.90 bits per heavy atom. The zero-order valence-electron chi connectivity index (χ0n) is 13.4. The van der Waals surface area contributed by atoms with E-state index in [0.717, 1.165) is 25.1 Å². The van der Waals surface area contributed by atoms with Crippen LogP contribution in [0.5, 0.6) is 0 Å². The predicted molar refractivity (Wildman–Crippen MR) is 81.1 cm³/mol. The second kappa shape index (κ2) is 6.52. The van der Waals surface area contributed by atoms with Gasteiger partial charge in [0.25, 0.3) is 0 Å². The summed E-state index contributed by atoms with van der Waals surface area (Å²) < 4.78 is 10.9. The first kappa shape index (κ1) is 15.9. The van der Waals surface area contributed by atoms with Crippen LogP contribution in [-0.2, 0) is 4.74 Å². The first-order chi connectivity index (χ1) is 9.89. The van der Waals surface area contributed by atoms with Crippen molar-refractivity contribution in [2.45, 2.75) is 58.2 Å². The molecule has 2 rings (SSSR count). The molecule has 5 nitrogen and oxygen atoms in total. The fraction of sp³-hybridized carbons (Fsp3) is 0.688. The molecule has 5 heteroatoms. The van der Waals surface area contributed by atoms with Crippen molar-refractivity contribution in [1.29, 1.82) is 0 Å². The maximum Gasteiger partial charge on any atom is 0.410 e. The van der Waals surface area contributed by atoms with Gasteiger partial charge in [0, 0.05) is 19.1 Å². The van der Waals surface area contributed by atoms with Crippen LogP contribution < -0.4 is 5.32 Å². The summed E-state index contributed by atoms with van der Waals surface area (Å²) in [6.45, 7) is 9.22. The van der Waals surface area contributed by atoms with Gasteiger partial charge in [-0.25, -0.2) is 4.79 Å². The number of hydrogen-bond acceptors (Lipinski definition) is 4. The SMILES string of the molecule is CCC(NC1CCN(C(=O)OC(C)(C)C)C1)c1ccco1. The van der Waals surface area contributed by atoms with Gasteiger partial charge in [-0.15, -0.1) is 0 Å². The molecule has 1 amide bonds. The van der Waals surface area contributed by atoms with Gasteiger partial charge in [0.1, 0.15) is 11.4 Å². The molecule has 1 fully saturated rings. The topological polar surface area (TPSA) is 54.7 Å². The van der Waals surface area contributed by atoms with E-state index in [9.17, 15) is 4.79 Å². The highest BCUT2D eigenvalue weighted by molar-refractivity contribution is 5.68. The van der Waals surface area contributed by atoms with Crippen LogP contribution >= 0.6 is 0 Å². The summed E-state index contributed by atoms with van der Waals surface area (Å²) in [5.41, 5.74) is -0.442. The Bertz CT molecular complexity index is 451. The average Bonchev–Trinajstić information content (AvgIpc) is 3.05. The van der Waals surface area contributed by atoms with Crippen LogP contribution in [0, 0.1) is 0 Å². The highest BCUT2D eigenvalue weighted by Gasteiger charge is 2.31. The van der Waals surface area contributed by atoms with E-state index in [2.05, 4.69) is 12.2 Å². The Kier molecular flexibility index (Phi) is 4.93. The van der Waals surface area contributed by atoms with E-state index >= 15 is 0 Å². The lowest BCUT2D eigenvalue weighted by Crippen LogP contribution is -2.39. The molecule has 0 aromatic carbocycles. The molecule has 2 heterocycles. The standard InChI is InChI=1S/C16H26N2O3/c1-5-13(14-7-6-10-20-14)17-12-8-9-18(11-12)15(19)21-16(2,3)4/h6-7,10,12-13,17H,5,8-9,11H2,1-4H3. The molecular weight excluding hydrogens is 268 g/mol. The van der Waals surface area contributed by atoms with Crippen molar-refractivity contribution >= 4 is 6.09 Å². The molecule has 2 atom stereocenters. The molecule has 0 aliphatic carbocycles. The molecule has 21 heavy (non-hydrogen) atoms. The number of carbonyl (C=O) groups excluding carboxylic acids is 1. The zero-order valence-corrected chi connectivity index (χ0v) is 13.4. The number of likely N-dealkylation sites (tertiary alicyclic amines) is 1. The zero-order chi connectivity index (χ0) is 15.5. The van der Waals surface area contributed by atoms with Gasteiger partial charge >= 0.3 is 6.09 Å². The Labute approximate surface area is 126 Å². The van der Waals surface area contributed by atoms with Crippen LogP contribution in [0.2, 0.25) is 0 Å². The van der Waals surface area contributed by atoms with Crippen LogP contribution in [0.15, 0.2) is 22.8 Å². The molecule has 0 bridgehead atoms. The number of amides is 1. The maximum absolute atomic E-state index is 12.0. The van der Waals surface area contributed by atoms with E-state index in [1.165, 1.54) is 0 Å². The van der Waals surface area contributed by atoms with Crippen molar-refractivity contribution in [1.82, 2.24) is 10.2 Å². The highest BCUT2D eigenvalue weighted by Crippen LogP contribution is 2.21. The van der Waals surface area contributed by atoms with Crippen LogP contribution in [0.25, 0.3) is 0 Å². The average molecular weight is 294 g/mol. The number of nitrogens with zero attached hydrogens (tertiary/aromatic N) is 1. The molecule has 0 radical (unpaired) electrons. The van der Waals surface area contributed by atoms with Gasteiger partial charge in [-0.1, -0.05) is 6.92 Å². The second-order valence-electron chi connectivity index (χ2n) is 6.55. The van der Waals surface area contributed by atoms with Crippen LogP contribution in [0.1, 0.15) is 52.3 Å². The monoisotopic (exact) mass is 294 g/mol. The number of carbonyl (C=O) groups is 1. The van der Waals surface area contributed by atoms with Gasteiger partial charge in [-0.2, -0.15) is 0 Å². The van der Waals surface area contributed by atoms with Crippen LogP contribution in [0.3, 0.4) is 0 Å². The molecule has 1 aliphatic heterocycles. The van der Waals surface area contributed by atoms with Gasteiger partial charge in [0.05, 0.1) is 12.3 Å². The van der Waals surface area contributed by atoms with Crippen molar-refractivity contribution in [3.8, 4) is 0 Å². The van der Waals surface area contributed by atoms with E-state index in [1.807, 2.05) is 32.9 Å².